The van der Waals surface area contributed by atoms with E-state index in [1.54, 1.807) is 10.9 Å². The minimum Gasteiger partial charge on any atom is -0.426 e. The zero-order valence-corrected chi connectivity index (χ0v) is 18.3. The number of likely N-dealkylation sites (tertiary alicyclic amines) is 2. The van der Waals surface area contributed by atoms with Crippen LogP contribution in [0.5, 0.6) is 0 Å². The van der Waals surface area contributed by atoms with Crippen LogP contribution in [-0.2, 0) is 17.8 Å². The lowest BCUT2D eigenvalue weighted by molar-refractivity contribution is -0.308. The van der Waals surface area contributed by atoms with E-state index in [4.69, 9.17) is 0 Å². The molecule has 0 aromatic carbocycles. The first kappa shape index (κ1) is 24.6. The molecule has 4 rings (SSSR count). The van der Waals surface area contributed by atoms with Crippen molar-refractivity contribution >= 4 is 12.0 Å². The van der Waals surface area contributed by atoms with Gasteiger partial charge in [-0.2, -0.15) is 31.4 Å². The number of hydrogen-bond donors (Lipinski definition) is 1. The standard InChI is InChI=1S/C20H25F6N5O3/c1-2-31-10-13(15(28-31)16(32)27-14-3-4-14)7-29-5-11-8-30(9-12(11)6-29)18(33)34-17(19(21,22)23)20(24,25)26/h10-12,14,17H,2-9H2,1H3,(H,27,32). The fraction of sp³-hybridized carbons (Fsp3) is 0.750. The number of rotatable bonds is 6. The third-order valence-electron chi connectivity index (χ3n) is 6.32. The molecule has 1 N–H and O–H groups in total. The van der Waals surface area contributed by atoms with Crippen molar-refractivity contribution in [1.82, 2.24) is 24.9 Å². The molecule has 1 saturated carbocycles. The van der Waals surface area contributed by atoms with Crippen molar-refractivity contribution in [3.8, 4) is 0 Å². The molecule has 3 heterocycles. The van der Waals surface area contributed by atoms with Crippen molar-refractivity contribution in [3.05, 3.63) is 17.5 Å². The first-order valence-corrected chi connectivity index (χ1v) is 11.0. The molecule has 0 bridgehead atoms. The summed E-state index contributed by atoms with van der Waals surface area (Å²) in [6.45, 7) is 3.89. The van der Waals surface area contributed by atoms with E-state index in [1.165, 1.54) is 0 Å². The van der Waals surface area contributed by atoms with Gasteiger partial charge in [-0.05, 0) is 31.6 Å². The molecule has 34 heavy (non-hydrogen) atoms. The van der Waals surface area contributed by atoms with Crippen molar-refractivity contribution < 1.29 is 40.7 Å². The minimum atomic E-state index is -5.74. The van der Waals surface area contributed by atoms with E-state index in [2.05, 4.69) is 20.1 Å². The van der Waals surface area contributed by atoms with Crippen LogP contribution in [0.2, 0.25) is 0 Å². The molecular formula is C20H25F6N5O3. The highest BCUT2D eigenvalue weighted by atomic mass is 19.4. The average Bonchev–Trinajstić information content (AvgIpc) is 3.13. The van der Waals surface area contributed by atoms with Crippen LogP contribution in [0.25, 0.3) is 0 Å². The highest BCUT2D eigenvalue weighted by Gasteiger charge is 2.60. The average molecular weight is 497 g/mol. The minimum absolute atomic E-state index is 0.00563. The monoisotopic (exact) mass is 497 g/mol. The third-order valence-corrected chi connectivity index (χ3v) is 6.32. The number of ether oxygens (including phenoxy) is 1. The van der Waals surface area contributed by atoms with Gasteiger partial charge in [-0.15, -0.1) is 0 Å². The fourth-order valence-electron chi connectivity index (χ4n) is 4.52. The number of aryl methyl sites for hydroxylation is 1. The molecule has 8 nitrogen and oxygen atoms in total. The van der Waals surface area contributed by atoms with Gasteiger partial charge in [0.15, 0.2) is 5.69 Å². The van der Waals surface area contributed by atoms with Gasteiger partial charge in [0.1, 0.15) is 0 Å². The highest BCUT2D eigenvalue weighted by Crippen LogP contribution is 2.37. The topological polar surface area (TPSA) is 79.7 Å². The van der Waals surface area contributed by atoms with Crippen molar-refractivity contribution in [1.29, 1.82) is 0 Å². The molecule has 2 saturated heterocycles. The van der Waals surface area contributed by atoms with Crippen LogP contribution < -0.4 is 5.32 Å². The highest BCUT2D eigenvalue weighted by molar-refractivity contribution is 5.94. The molecule has 2 atom stereocenters. The Kier molecular flexibility index (Phi) is 6.46. The lowest BCUT2D eigenvalue weighted by Gasteiger charge is -2.26. The molecule has 3 aliphatic rings. The number of nitrogens with zero attached hydrogens (tertiary/aromatic N) is 4. The summed E-state index contributed by atoms with van der Waals surface area (Å²) < 4.78 is 81.6. The van der Waals surface area contributed by atoms with Gasteiger partial charge in [0.05, 0.1) is 0 Å². The Hall–Kier alpha value is -2.51. The number of carbonyl (C=O) groups excluding carboxylic acids is 2. The van der Waals surface area contributed by atoms with Gasteiger partial charge in [-0.25, -0.2) is 4.79 Å². The zero-order chi connectivity index (χ0) is 24.8. The van der Waals surface area contributed by atoms with Crippen LogP contribution in [0.15, 0.2) is 6.20 Å². The number of hydrogen-bond acceptors (Lipinski definition) is 5. The summed E-state index contributed by atoms with van der Waals surface area (Å²) in [7, 11) is 0. The van der Waals surface area contributed by atoms with Gasteiger partial charge in [0.25, 0.3) is 12.0 Å². The molecule has 2 aliphatic heterocycles. The number of nitrogens with one attached hydrogen (secondary N) is 1. The molecule has 2 unspecified atom stereocenters. The first-order chi connectivity index (χ1) is 15.8. The molecule has 14 heteroatoms. The summed E-state index contributed by atoms with van der Waals surface area (Å²) in [5.74, 6) is -0.470. The van der Waals surface area contributed by atoms with E-state index < -0.39 is 24.5 Å². The van der Waals surface area contributed by atoms with Crippen LogP contribution in [0.4, 0.5) is 31.1 Å². The predicted molar refractivity (Wildman–Crippen MR) is 105 cm³/mol. The Morgan fingerprint density at radius 2 is 1.68 bits per heavy atom. The summed E-state index contributed by atoms with van der Waals surface area (Å²) >= 11 is 0. The Bertz CT molecular complexity index is 901. The molecule has 2 amide bonds. The van der Waals surface area contributed by atoms with Gasteiger partial charge >= 0.3 is 18.4 Å². The predicted octanol–water partition coefficient (Wildman–Crippen LogP) is 2.79. The van der Waals surface area contributed by atoms with Gasteiger partial charge < -0.3 is 15.0 Å². The number of alkyl halides is 6. The molecule has 1 aromatic rings. The zero-order valence-electron chi connectivity index (χ0n) is 18.3. The largest absolute Gasteiger partial charge is 0.434 e. The summed E-state index contributed by atoms with van der Waals surface area (Å²) in [6, 6.07) is 0.179. The lowest BCUT2D eigenvalue weighted by Crippen LogP contribution is -2.48. The maximum atomic E-state index is 12.7. The number of fused-ring (bicyclic) bond motifs is 1. The second-order valence-corrected chi connectivity index (χ2v) is 9.07. The molecule has 1 aromatic heterocycles. The van der Waals surface area contributed by atoms with Crippen molar-refractivity contribution in [2.24, 2.45) is 11.8 Å². The van der Waals surface area contributed by atoms with Crippen molar-refractivity contribution in [3.63, 3.8) is 0 Å². The number of carbonyl (C=O) groups is 2. The molecular weight excluding hydrogens is 472 g/mol. The van der Waals surface area contributed by atoms with E-state index >= 15 is 0 Å². The first-order valence-electron chi connectivity index (χ1n) is 11.0. The smallest absolute Gasteiger partial charge is 0.426 e. The molecule has 3 fully saturated rings. The lowest BCUT2D eigenvalue weighted by atomic mass is 10.0. The Morgan fingerprint density at radius 3 is 2.18 bits per heavy atom. The normalized spacial score (nSPS) is 23.5. The van der Waals surface area contributed by atoms with Crippen molar-refractivity contribution in [2.75, 3.05) is 26.2 Å². The number of halogens is 6. The van der Waals surface area contributed by atoms with E-state index in [0.29, 0.717) is 31.9 Å². The van der Waals surface area contributed by atoms with E-state index in [-0.39, 0.29) is 36.9 Å². The fourth-order valence-corrected chi connectivity index (χ4v) is 4.52. The molecule has 0 radical (unpaired) electrons. The third kappa shape index (κ3) is 5.41. The Labute approximate surface area is 191 Å². The second-order valence-electron chi connectivity index (χ2n) is 9.07. The van der Waals surface area contributed by atoms with Crippen LogP contribution >= 0.6 is 0 Å². The van der Waals surface area contributed by atoms with Gasteiger partial charge in [0, 0.05) is 57.1 Å². The maximum Gasteiger partial charge on any atom is 0.434 e. The quantitative estimate of drug-likeness (QED) is 0.612. The SMILES string of the molecule is CCn1cc(CN2CC3CN(C(=O)OC(C(F)(F)F)C(F)(F)F)CC3C2)c(C(=O)NC2CC2)n1. The Morgan fingerprint density at radius 1 is 1.09 bits per heavy atom. The van der Waals surface area contributed by atoms with E-state index in [1.807, 2.05) is 6.92 Å². The number of aromatic nitrogens is 2. The summed E-state index contributed by atoms with van der Waals surface area (Å²) in [5, 5.41) is 7.27. The summed E-state index contributed by atoms with van der Waals surface area (Å²) in [5.41, 5.74) is 1.09. The van der Waals surface area contributed by atoms with E-state index in [0.717, 1.165) is 23.3 Å². The second kappa shape index (κ2) is 8.93. The Balaban J connectivity index is 1.34. The van der Waals surface area contributed by atoms with Crippen LogP contribution in [0.3, 0.4) is 0 Å². The molecule has 0 spiro atoms. The summed E-state index contributed by atoms with van der Waals surface area (Å²) in [6.07, 6.45) is -13.6. The van der Waals surface area contributed by atoms with Gasteiger partial charge in [-0.3, -0.25) is 14.4 Å². The molecule has 190 valence electrons. The molecule has 1 aliphatic carbocycles. The number of amides is 2. The van der Waals surface area contributed by atoms with Gasteiger partial charge in [0.2, 0.25) is 0 Å². The van der Waals surface area contributed by atoms with Gasteiger partial charge in [-0.1, -0.05) is 0 Å². The van der Waals surface area contributed by atoms with Crippen LogP contribution in [0, 0.1) is 11.8 Å². The summed E-state index contributed by atoms with van der Waals surface area (Å²) in [4.78, 5) is 27.5. The van der Waals surface area contributed by atoms with E-state index in [9.17, 15) is 35.9 Å². The van der Waals surface area contributed by atoms with Crippen LogP contribution in [-0.4, -0.2) is 82.3 Å². The van der Waals surface area contributed by atoms with Crippen LogP contribution in [0.1, 0.15) is 35.8 Å². The van der Waals surface area contributed by atoms with Crippen molar-refractivity contribution in [2.45, 2.75) is 57.4 Å². The maximum absolute atomic E-state index is 12.7.